The highest BCUT2D eigenvalue weighted by Crippen LogP contribution is 2.24. The van der Waals surface area contributed by atoms with E-state index in [2.05, 4.69) is 5.10 Å². The van der Waals surface area contributed by atoms with E-state index in [0.717, 1.165) is 31.4 Å². The molecule has 2 heterocycles. The lowest BCUT2D eigenvalue weighted by molar-refractivity contribution is -0.132. The van der Waals surface area contributed by atoms with Gasteiger partial charge in [-0.05, 0) is 52.4 Å². The number of amides is 1. The molecular weight excluding hydrogens is 305 g/mol. The van der Waals surface area contributed by atoms with Crippen LogP contribution in [0.3, 0.4) is 0 Å². The molecule has 0 spiro atoms. The number of likely N-dealkylation sites (tertiary alicyclic amines) is 1. The molecular formula is C17H29BN3O3. The second-order valence-electron chi connectivity index (χ2n) is 7.53. The van der Waals surface area contributed by atoms with Gasteiger partial charge in [0.15, 0.2) is 0 Å². The van der Waals surface area contributed by atoms with Crippen LogP contribution in [0.2, 0.25) is 0 Å². The number of aryl methyl sites for hydroxylation is 1. The number of piperidine rings is 1. The van der Waals surface area contributed by atoms with Gasteiger partial charge in [0.1, 0.15) is 0 Å². The molecule has 6 nitrogen and oxygen atoms in total. The zero-order chi connectivity index (χ0) is 17.8. The third kappa shape index (κ3) is 5.08. The Labute approximate surface area is 145 Å². The van der Waals surface area contributed by atoms with Crippen LogP contribution in [0.15, 0.2) is 12.4 Å². The minimum absolute atomic E-state index is 0.204. The number of aliphatic hydroxyl groups is 1. The first-order chi connectivity index (χ1) is 11.2. The van der Waals surface area contributed by atoms with E-state index in [0.29, 0.717) is 13.0 Å². The normalized spacial score (nSPS) is 16.3. The number of carbonyl (C=O) groups is 1. The number of hydrogen-bond acceptors (Lipinski definition) is 4. The van der Waals surface area contributed by atoms with E-state index in [-0.39, 0.29) is 5.91 Å². The summed E-state index contributed by atoms with van der Waals surface area (Å²) < 4.78 is 7.47. The first kappa shape index (κ1) is 19.0. The molecule has 0 bridgehead atoms. The van der Waals surface area contributed by atoms with Crippen molar-refractivity contribution in [2.75, 3.05) is 13.1 Å². The summed E-state index contributed by atoms with van der Waals surface area (Å²) in [6, 6.07) is 0. The quantitative estimate of drug-likeness (QED) is 0.758. The van der Waals surface area contributed by atoms with Crippen LogP contribution in [0.25, 0.3) is 0 Å². The van der Waals surface area contributed by atoms with Crippen LogP contribution < -0.4 is 5.46 Å². The molecule has 1 N–H and O–H groups in total. The van der Waals surface area contributed by atoms with Crippen molar-refractivity contribution in [3.05, 3.63) is 12.4 Å². The van der Waals surface area contributed by atoms with E-state index in [1.807, 2.05) is 24.9 Å². The molecule has 1 fully saturated rings. The van der Waals surface area contributed by atoms with Crippen LogP contribution in [0.4, 0.5) is 0 Å². The van der Waals surface area contributed by atoms with Gasteiger partial charge in [-0.15, -0.1) is 0 Å². The first-order valence-corrected chi connectivity index (χ1v) is 8.73. The summed E-state index contributed by atoms with van der Waals surface area (Å²) in [5.41, 5.74) is -0.850. The average Bonchev–Trinajstić information content (AvgIpc) is 2.98. The summed E-state index contributed by atoms with van der Waals surface area (Å²) in [5.74, 6) is 0.204. The van der Waals surface area contributed by atoms with E-state index in [9.17, 15) is 9.90 Å². The Kier molecular flexibility index (Phi) is 6.09. The van der Waals surface area contributed by atoms with Crippen molar-refractivity contribution in [2.45, 2.75) is 71.1 Å². The molecule has 24 heavy (non-hydrogen) atoms. The van der Waals surface area contributed by atoms with Crippen molar-refractivity contribution in [1.29, 1.82) is 0 Å². The highest BCUT2D eigenvalue weighted by Gasteiger charge is 2.35. The van der Waals surface area contributed by atoms with Crippen molar-refractivity contribution in [2.24, 2.45) is 0 Å². The van der Waals surface area contributed by atoms with E-state index < -0.39 is 11.2 Å². The Morgan fingerprint density at radius 2 is 1.96 bits per heavy atom. The van der Waals surface area contributed by atoms with Gasteiger partial charge in [0.2, 0.25) is 5.91 Å². The zero-order valence-electron chi connectivity index (χ0n) is 15.3. The minimum atomic E-state index is -0.958. The Morgan fingerprint density at radius 1 is 1.29 bits per heavy atom. The average molecular weight is 334 g/mol. The van der Waals surface area contributed by atoms with Gasteiger partial charge in [0.25, 0.3) is 0 Å². The summed E-state index contributed by atoms with van der Waals surface area (Å²) in [5, 5.41) is 14.4. The molecule has 0 saturated carbocycles. The number of nitrogens with zero attached hydrogens (tertiary/aromatic N) is 3. The van der Waals surface area contributed by atoms with Crippen LogP contribution >= 0.6 is 0 Å². The first-order valence-electron chi connectivity index (χ1n) is 8.73. The lowest BCUT2D eigenvalue weighted by Gasteiger charge is -2.37. The molecule has 7 heteroatoms. The summed E-state index contributed by atoms with van der Waals surface area (Å²) in [6.45, 7) is 9.45. The maximum Gasteiger partial charge on any atom is 0.334 e. The third-order valence-corrected chi connectivity index (χ3v) is 4.88. The molecule has 0 aromatic carbocycles. The smallest absolute Gasteiger partial charge is 0.334 e. The summed E-state index contributed by atoms with van der Waals surface area (Å²) >= 11 is 0. The van der Waals surface area contributed by atoms with Gasteiger partial charge in [-0.3, -0.25) is 9.48 Å². The van der Waals surface area contributed by atoms with Crippen molar-refractivity contribution < 1.29 is 14.6 Å². The van der Waals surface area contributed by atoms with Gasteiger partial charge < -0.3 is 14.7 Å². The van der Waals surface area contributed by atoms with E-state index in [4.69, 9.17) is 4.65 Å². The number of carbonyl (C=O) groups excluding carboxylic acids is 1. The predicted molar refractivity (Wildman–Crippen MR) is 94.1 cm³/mol. The summed E-state index contributed by atoms with van der Waals surface area (Å²) in [6.07, 6.45) is 7.47. The van der Waals surface area contributed by atoms with Crippen LogP contribution in [0.5, 0.6) is 0 Å². The molecule has 0 atom stereocenters. The number of hydrogen-bond donors (Lipinski definition) is 1. The van der Waals surface area contributed by atoms with Gasteiger partial charge in [-0.1, -0.05) is 0 Å². The molecule has 133 valence electrons. The van der Waals surface area contributed by atoms with Crippen LogP contribution in [-0.2, 0) is 16.0 Å². The second kappa shape index (κ2) is 7.70. The largest absolute Gasteiger partial charge is 0.427 e. The molecule has 2 rings (SSSR count). The van der Waals surface area contributed by atoms with Gasteiger partial charge >= 0.3 is 7.48 Å². The highest BCUT2D eigenvalue weighted by molar-refractivity contribution is 6.46. The number of rotatable bonds is 7. The van der Waals surface area contributed by atoms with E-state index in [1.165, 1.54) is 6.42 Å². The standard InChI is InChI=1S/C17H29BN3O3/c1-16(2,23)17(3,4)24-18-14-12-19-21(13-14)11-8-15(22)20-9-6-5-7-10-20/h12-13,23H,5-11H2,1-4H3. The Bertz CT molecular complexity index is 546. The fourth-order valence-electron chi connectivity index (χ4n) is 2.43. The van der Waals surface area contributed by atoms with Crippen LogP contribution in [-0.4, -0.2) is 57.5 Å². The van der Waals surface area contributed by atoms with E-state index >= 15 is 0 Å². The molecule has 1 radical (unpaired) electrons. The predicted octanol–water partition coefficient (Wildman–Crippen LogP) is 1.10. The molecule has 1 aliphatic rings. The second-order valence-corrected chi connectivity index (χ2v) is 7.53. The number of aromatic nitrogens is 2. The van der Waals surface area contributed by atoms with E-state index in [1.54, 1.807) is 32.2 Å². The molecule has 1 aromatic heterocycles. The van der Waals surface area contributed by atoms with Crippen LogP contribution in [0, 0.1) is 0 Å². The van der Waals surface area contributed by atoms with Crippen molar-refractivity contribution in [3.8, 4) is 0 Å². The molecule has 1 saturated heterocycles. The monoisotopic (exact) mass is 334 g/mol. The van der Waals surface area contributed by atoms with Crippen LogP contribution in [0.1, 0.15) is 53.4 Å². The molecule has 0 aliphatic carbocycles. The van der Waals surface area contributed by atoms with Gasteiger partial charge in [0, 0.05) is 38.4 Å². The topological polar surface area (TPSA) is 67.6 Å². The fraction of sp³-hybridized carbons (Fsp3) is 0.765. The Hall–Kier alpha value is -1.34. The minimum Gasteiger partial charge on any atom is -0.427 e. The Morgan fingerprint density at radius 3 is 2.58 bits per heavy atom. The lowest BCUT2D eigenvalue weighted by atomic mass is 9.84. The Balaban J connectivity index is 1.79. The fourth-order valence-corrected chi connectivity index (χ4v) is 2.43. The maximum atomic E-state index is 12.2. The SMILES string of the molecule is CC(C)(O)C(C)(C)O[B]c1cnn(CCC(=O)N2CCCCC2)c1. The third-order valence-electron chi connectivity index (χ3n) is 4.88. The molecule has 1 aliphatic heterocycles. The van der Waals surface area contributed by atoms with Crippen molar-refractivity contribution in [3.63, 3.8) is 0 Å². The summed E-state index contributed by atoms with van der Waals surface area (Å²) in [7, 11) is 1.61. The molecule has 0 unspecified atom stereocenters. The maximum absolute atomic E-state index is 12.2. The lowest BCUT2D eigenvalue weighted by Crippen LogP contribution is -2.49. The van der Waals surface area contributed by atoms with Gasteiger partial charge in [0.05, 0.1) is 11.2 Å². The molecule has 1 aromatic rings. The van der Waals surface area contributed by atoms with Crippen molar-refractivity contribution in [1.82, 2.24) is 14.7 Å². The van der Waals surface area contributed by atoms with Crippen molar-refractivity contribution >= 4 is 18.9 Å². The van der Waals surface area contributed by atoms with Gasteiger partial charge in [-0.25, -0.2) is 0 Å². The highest BCUT2D eigenvalue weighted by atomic mass is 16.5. The van der Waals surface area contributed by atoms with Gasteiger partial charge in [-0.2, -0.15) is 5.10 Å². The zero-order valence-corrected chi connectivity index (χ0v) is 15.3. The summed E-state index contributed by atoms with van der Waals surface area (Å²) in [4.78, 5) is 14.1. The molecule has 1 amide bonds.